The Morgan fingerprint density at radius 1 is 0.732 bits per heavy atom. The van der Waals surface area contributed by atoms with Crippen LogP contribution in [0.1, 0.15) is 44.3 Å². The number of nitrogens with two attached hydrogens (primary N) is 2. The molecule has 0 saturated heterocycles. The van der Waals surface area contributed by atoms with E-state index in [2.05, 4.69) is 6.92 Å². The van der Waals surface area contributed by atoms with Crippen LogP contribution in [0.15, 0.2) is 115 Å². The number of phenolic OH excluding ortho intramolecular Hbond substituents is 1. The Balaban J connectivity index is 1.37. The average Bonchev–Trinajstić information content (AvgIpc) is 3.00. The van der Waals surface area contributed by atoms with Gasteiger partial charge in [0.25, 0.3) is 0 Å². The fraction of sp³-hybridized carbons (Fsp3) is 0.0588. The van der Waals surface area contributed by atoms with Crippen molar-refractivity contribution in [2.24, 2.45) is 0 Å². The Morgan fingerprint density at radius 2 is 1.32 bits per heavy atom. The number of phenols is 1. The Hall–Kier alpha value is -5.56. The van der Waals surface area contributed by atoms with Crippen molar-refractivity contribution in [2.45, 2.75) is 12.3 Å². The molecule has 0 aromatic heterocycles. The minimum Gasteiger partial charge on any atom is -0.506 e. The lowest BCUT2D eigenvalue weighted by Gasteiger charge is -2.32. The zero-order chi connectivity index (χ0) is 29.0. The Morgan fingerprint density at radius 3 is 1.90 bits per heavy atom. The van der Waals surface area contributed by atoms with Crippen molar-refractivity contribution in [1.29, 1.82) is 0 Å². The molecule has 0 aliphatic carbocycles. The van der Waals surface area contributed by atoms with Gasteiger partial charge in [-0.2, -0.15) is 0 Å². The van der Waals surface area contributed by atoms with Crippen LogP contribution in [-0.4, -0.2) is 17.4 Å². The van der Waals surface area contributed by atoms with Crippen LogP contribution >= 0.6 is 0 Å². The molecule has 0 spiro atoms. The first kappa shape index (κ1) is 27.0. The first-order valence-electron chi connectivity index (χ1n) is 12.9. The average molecular weight is 545 g/mol. The molecule has 0 fully saturated rings. The zero-order valence-electron chi connectivity index (χ0n) is 22.3. The maximum atomic E-state index is 12.9. The van der Waals surface area contributed by atoms with E-state index >= 15 is 0 Å². The van der Waals surface area contributed by atoms with Gasteiger partial charge in [0.15, 0.2) is 5.75 Å². The van der Waals surface area contributed by atoms with Crippen molar-refractivity contribution in [1.82, 2.24) is 0 Å². The largest absolute Gasteiger partial charge is 0.506 e. The molecule has 0 aliphatic rings. The number of hydrogen-bond acceptors (Lipinski definition) is 7. The molecule has 5 aromatic rings. The molecule has 1 atom stereocenters. The Labute approximate surface area is 237 Å². The number of aldehydes is 1. The highest BCUT2D eigenvalue weighted by atomic mass is 16.5. The SMILES string of the molecule is CC(c1ccccc1)(c1ccc(O)c(N)c1)c1ccc(OC(=O)c2ccc(Oc3ccc(C=O)cc3)cc2)c(N)c1. The number of carbonyl (C=O) groups excluding carboxylic acids is 2. The number of anilines is 2. The summed E-state index contributed by atoms with van der Waals surface area (Å²) in [5, 5.41) is 10.00. The summed E-state index contributed by atoms with van der Waals surface area (Å²) in [6.45, 7) is 2.05. The monoisotopic (exact) mass is 544 g/mol. The molecular weight excluding hydrogens is 516 g/mol. The van der Waals surface area contributed by atoms with Gasteiger partial charge in [0.1, 0.15) is 23.5 Å². The summed E-state index contributed by atoms with van der Waals surface area (Å²) in [6, 6.07) is 33.6. The van der Waals surface area contributed by atoms with Gasteiger partial charge >= 0.3 is 5.97 Å². The van der Waals surface area contributed by atoms with E-state index in [4.69, 9.17) is 20.9 Å². The van der Waals surface area contributed by atoms with E-state index in [9.17, 15) is 14.7 Å². The van der Waals surface area contributed by atoms with Crippen LogP contribution in [0.25, 0.3) is 0 Å². The molecule has 204 valence electrons. The van der Waals surface area contributed by atoms with Gasteiger partial charge in [0, 0.05) is 11.0 Å². The van der Waals surface area contributed by atoms with E-state index < -0.39 is 11.4 Å². The lowest BCUT2D eigenvalue weighted by atomic mass is 9.71. The third kappa shape index (κ3) is 5.60. The third-order valence-corrected chi connectivity index (χ3v) is 7.09. The third-order valence-electron chi connectivity index (χ3n) is 7.09. The molecule has 0 heterocycles. The molecule has 0 radical (unpaired) electrons. The molecule has 5 N–H and O–H groups in total. The van der Waals surface area contributed by atoms with Crippen molar-refractivity contribution >= 4 is 23.6 Å². The van der Waals surface area contributed by atoms with Crippen LogP contribution in [-0.2, 0) is 5.41 Å². The summed E-state index contributed by atoms with van der Waals surface area (Å²) in [5.74, 6) is 0.771. The lowest BCUT2D eigenvalue weighted by Crippen LogP contribution is -2.25. The highest BCUT2D eigenvalue weighted by molar-refractivity contribution is 5.92. The second-order valence-electron chi connectivity index (χ2n) is 9.72. The number of esters is 1. The number of nitrogen functional groups attached to an aromatic ring is 2. The second kappa shape index (κ2) is 11.3. The van der Waals surface area contributed by atoms with E-state index in [0.717, 1.165) is 23.0 Å². The fourth-order valence-corrected chi connectivity index (χ4v) is 4.66. The Bertz CT molecular complexity index is 1700. The molecule has 0 bridgehead atoms. The van der Waals surface area contributed by atoms with Gasteiger partial charge in [-0.3, -0.25) is 4.79 Å². The summed E-state index contributed by atoms with van der Waals surface area (Å²) in [6.07, 6.45) is 0.762. The quantitative estimate of drug-likeness (QED) is 0.0494. The molecule has 0 aliphatic heterocycles. The summed E-state index contributed by atoms with van der Waals surface area (Å²) < 4.78 is 11.4. The van der Waals surface area contributed by atoms with Gasteiger partial charge in [0.05, 0.1) is 16.9 Å². The van der Waals surface area contributed by atoms with Crippen LogP contribution in [0, 0.1) is 0 Å². The van der Waals surface area contributed by atoms with E-state index in [1.807, 2.05) is 42.5 Å². The summed E-state index contributed by atoms with van der Waals surface area (Å²) in [7, 11) is 0. The van der Waals surface area contributed by atoms with Gasteiger partial charge in [0.2, 0.25) is 0 Å². The van der Waals surface area contributed by atoms with E-state index in [0.29, 0.717) is 28.3 Å². The van der Waals surface area contributed by atoms with Crippen molar-refractivity contribution in [3.63, 3.8) is 0 Å². The maximum Gasteiger partial charge on any atom is 0.343 e. The smallest absolute Gasteiger partial charge is 0.343 e. The highest BCUT2D eigenvalue weighted by Crippen LogP contribution is 2.42. The summed E-state index contributed by atoms with van der Waals surface area (Å²) in [5.41, 5.74) is 15.9. The lowest BCUT2D eigenvalue weighted by molar-refractivity contribution is 0.0735. The van der Waals surface area contributed by atoms with Crippen LogP contribution in [0.4, 0.5) is 11.4 Å². The number of ether oxygens (including phenoxy) is 2. The minimum atomic E-state index is -0.664. The number of rotatable bonds is 8. The molecule has 1 unspecified atom stereocenters. The molecular formula is C34H28N2O5. The summed E-state index contributed by atoms with van der Waals surface area (Å²) >= 11 is 0. The van der Waals surface area contributed by atoms with Crippen molar-refractivity contribution in [3.05, 3.63) is 143 Å². The van der Waals surface area contributed by atoms with Gasteiger partial charge in [-0.15, -0.1) is 0 Å². The molecule has 7 heteroatoms. The number of carbonyl (C=O) groups is 2. The second-order valence-corrected chi connectivity index (χ2v) is 9.72. The Kier molecular flexibility index (Phi) is 7.43. The van der Waals surface area contributed by atoms with E-state index in [1.165, 1.54) is 0 Å². The summed E-state index contributed by atoms with van der Waals surface area (Å²) in [4.78, 5) is 23.7. The molecule has 0 saturated carbocycles. The molecule has 0 amide bonds. The number of hydrogen-bond donors (Lipinski definition) is 3. The normalized spacial score (nSPS) is 12.2. The minimum absolute atomic E-state index is 0.0128. The van der Waals surface area contributed by atoms with Gasteiger partial charge in [-0.25, -0.2) is 4.79 Å². The predicted molar refractivity (Wildman–Crippen MR) is 159 cm³/mol. The first-order valence-corrected chi connectivity index (χ1v) is 12.9. The van der Waals surface area contributed by atoms with E-state index in [1.54, 1.807) is 72.8 Å². The van der Waals surface area contributed by atoms with Crippen molar-refractivity contribution in [3.8, 4) is 23.0 Å². The first-order chi connectivity index (χ1) is 19.8. The van der Waals surface area contributed by atoms with Gasteiger partial charge < -0.3 is 26.0 Å². The van der Waals surface area contributed by atoms with Crippen LogP contribution in [0.3, 0.4) is 0 Å². The predicted octanol–water partition coefficient (Wildman–Crippen LogP) is 6.73. The molecule has 5 aromatic carbocycles. The van der Waals surface area contributed by atoms with Crippen LogP contribution < -0.4 is 20.9 Å². The van der Waals surface area contributed by atoms with Gasteiger partial charge in [-0.05, 0) is 96.4 Å². The van der Waals surface area contributed by atoms with Crippen molar-refractivity contribution in [2.75, 3.05) is 11.5 Å². The zero-order valence-corrected chi connectivity index (χ0v) is 22.3. The highest BCUT2D eigenvalue weighted by Gasteiger charge is 2.32. The fourth-order valence-electron chi connectivity index (χ4n) is 4.66. The number of benzene rings is 5. The van der Waals surface area contributed by atoms with Crippen LogP contribution in [0.5, 0.6) is 23.0 Å². The van der Waals surface area contributed by atoms with Crippen molar-refractivity contribution < 1.29 is 24.2 Å². The number of aromatic hydroxyl groups is 1. The standard InChI is InChI=1S/C34H28N2O5/c1-34(24-5-3-2-4-6-24,25-11-17-31(38)29(35)19-25)26-12-18-32(30(36)20-26)41-33(39)23-9-15-28(16-10-23)40-27-13-7-22(21-37)8-14-27/h2-21,38H,35-36H2,1H3. The maximum absolute atomic E-state index is 12.9. The van der Waals surface area contributed by atoms with Gasteiger partial charge in [-0.1, -0.05) is 42.5 Å². The molecule has 7 nitrogen and oxygen atoms in total. The van der Waals surface area contributed by atoms with Crippen LogP contribution in [0.2, 0.25) is 0 Å². The topological polar surface area (TPSA) is 125 Å². The molecule has 41 heavy (non-hydrogen) atoms. The van der Waals surface area contributed by atoms with E-state index in [-0.39, 0.29) is 17.2 Å². The molecule has 5 rings (SSSR count).